The van der Waals surface area contributed by atoms with E-state index in [4.69, 9.17) is 5.11 Å². The number of carbonyl (C=O) groups is 2. The third kappa shape index (κ3) is 3.36. The van der Waals surface area contributed by atoms with Crippen molar-refractivity contribution in [2.75, 3.05) is 0 Å². The molecule has 0 radical (unpaired) electrons. The summed E-state index contributed by atoms with van der Waals surface area (Å²) in [5, 5.41) is 11.6. The second kappa shape index (κ2) is 4.44. The van der Waals surface area contributed by atoms with Crippen LogP contribution in [0.1, 0.15) is 33.1 Å². The third-order valence-electron chi connectivity index (χ3n) is 2.36. The molecule has 4 heteroatoms. The molecule has 0 bridgehead atoms. The van der Waals surface area contributed by atoms with Crippen molar-refractivity contribution in [2.24, 2.45) is 11.8 Å². The van der Waals surface area contributed by atoms with E-state index in [2.05, 4.69) is 5.32 Å². The topological polar surface area (TPSA) is 66.4 Å². The van der Waals surface area contributed by atoms with E-state index >= 15 is 0 Å². The van der Waals surface area contributed by atoms with Gasteiger partial charge >= 0.3 is 5.97 Å². The molecule has 14 heavy (non-hydrogen) atoms. The number of hydrogen-bond donors (Lipinski definition) is 2. The molecule has 1 saturated carbocycles. The monoisotopic (exact) mass is 199 g/mol. The van der Waals surface area contributed by atoms with Gasteiger partial charge in [0.05, 0.1) is 5.92 Å². The molecule has 0 heterocycles. The summed E-state index contributed by atoms with van der Waals surface area (Å²) in [6.07, 6.45) is 2.02. The summed E-state index contributed by atoms with van der Waals surface area (Å²) >= 11 is 0. The van der Waals surface area contributed by atoms with E-state index in [0.717, 1.165) is 12.8 Å². The highest BCUT2D eigenvalue weighted by atomic mass is 16.4. The molecular formula is C10H17NO3. The minimum absolute atomic E-state index is 0.0798. The zero-order valence-corrected chi connectivity index (χ0v) is 8.62. The smallest absolute Gasteiger partial charge is 0.307 e. The van der Waals surface area contributed by atoms with Crippen LogP contribution in [0.25, 0.3) is 0 Å². The summed E-state index contributed by atoms with van der Waals surface area (Å²) in [6.45, 7) is 3.73. The Bertz CT molecular complexity index is 234. The van der Waals surface area contributed by atoms with Gasteiger partial charge in [-0.1, -0.05) is 0 Å². The lowest BCUT2D eigenvalue weighted by atomic mass is 9.99. The maximum absolute atomic E-state index is 11.3. The molecule has 1 aliphatic rings. The van der Waals surface area contributed by atoms with Crippen molar-refractivity contribution < 1.29 is 14.7 Å². The summed E-state index contributed by atoms with van der Waals surface area (Å²) in [7, 11) is 0. The van der Waals surface area contributed by atoms with Gasteiger partial charge in [0.2, 0.25) is 5.91 Å². The molecule has 0 spiro atoms. The molecule has 0 aromatic carbocycles. The largest absolute Gasteiger partial charge is 0.481 e. The standard InChI is InChI=1S/C10H17NO3/c1-6(2)11-9(12)5-8(10(13)14)7-3-4-7/h6-8H,3-5H2,1-2H3,(H,11,12)(H,13,14). The summed E-state index contributed by atoms with van der Waals surface area (Å²) in [6, 6.07) is 0.0798. The van der Waals surface area contributed by atoms with Crippen LogP contribution >= 0.6 is 0 Å². The van der Waals surface area contributed by atoms with E-state index in [1.165, 1.54) is 0 Å². The lowest BCUT2D eigenvalue weighted by Crippen LogP contribution is -2.33. The number of aliphatic carboxylic acids is 1. The Kier molecular flexibility index (Phi) is 3.49. The summed E-state index contributed by atoms with van der Waals surface area (Å²) < 4.78 is 0. The average Bonchev–Trinajstić information content (AvgIpc) is 2.80. The lowest BCUT2D eigenvalue weighted by molar-refractivity contribution is -0.144. The normalized spacial score (nSPS) is 17.9. The molecule has 1 fully saturated rings. The Morgan fingerprint density at radius 3 is 2.36 bits per heavy atom. The van der Waals surface area contributed by atoms with E-state index in [-0.39, 0.29) is 24.3 Å². The zero-order chi connectivity index (χ0) is 10.7. The van der Waals surface area contributed by atoms with Gasteiger partial charge in [0.25, 0.3) is 0 Å². The van der Waals surface area contributed by atoms with Gasteiger partial charge in [-0.15, -0.1) is 0 Å². The Morgan fingerprint density at radius 2 is 2.00 bits per heavy atom. The highest BCUT2D eigenvalue weighted by molar-refractivity contribution is 5.82. The first kappa shape index (κ1) is 11.0. The quantitative estimate of drug-likeness (QED) is 0.694. The zero-order valence-electron chi connectivity index (χ0n) is 8.62. The lowest BCUT2D eigenvalue weighted by Gasteiger charge is -2.12. The minimum Gasteiger partial charge on any atom is -0.481 e. The van der Waals surface area contributed by atoms with Gasteiger partial charge in [-0.3, -0.25) is 9.59 Å². The van der Waals surface area contributed by atoms with Crippen molar-refractivity contribution in [2.45, 2.75) is 39.2 Å². The highest BCUT2D eigenvalue weighted by Gasteiger charge is 2.37. The number of amides is 1. The van der Waals surface area contributed by atoms with E-state index < -0.39 is 11.9 Å². The van der Waals surface area contributed by atoms with Gasteiger partial charge in [-0.2, -0.15) is 0 Å². The van der Waals surface area contributed by atoms with E-state index in [0.29, 0.717) is 0 Å². The third-order valence-corrected chi connectivity index (χ3v) is 2.36. The second-order valence-electron chi connectivity index (χ2n) is 4.21. The van der Waals surface area contributed by atoms with Crippen molar-refractivity contribution in [3.05, 3.63) is 0 Å². The maximum Gasteiger partial charge on any atom is 0.307 e. The van der Waals surface area contributed by atoms with E-state index in [9.17, 15) is 9.59 Å². The molecule has 80 valence electrons. The predicted octanol–water partition coefficient (Wildman–Crippen LogP) is 1.01. The first-order chi connectivity index (χ1) is 6.50. The molecule has 1 atom stereocenters. The van der Waals surface area contributed by atoms with Crippen LogP contribution in [-0.4, -0.2) is 23.0 Å². The van der Waals surface area contributed by atoms with Crippen molar-refractivity contribution in [1.29, 1.82) is 0 Å². The maximum atomic E-state index is 11.3. The molecule has 0 aromatic rings. The van der Waals surface area contributed by atoms with Crippen LogP contribution in [0.4, 0.5) is 0 Å². The molecule has 1 aliphatic carbocycles. The van der Waals surface area contributed by atoms with Gasteiger partial charge in [0, 0.05) is 12.5 Å². The first-order valence-electron chi connectivity index (χ1n) is 5.03. The fourth-order valence-corrected chi connectivity index (χ4v) is 1.53. The predicted molar refractivity (Wildman–Crippen MR) is 51.7 cm³/mol. The highest BCUT2D eigenvalue weighted by Crippen LogP contribution is 2.38. The Labute approximate surface area is 83.7 Å². The Morgan fingerprint density at radius 1 is 1.43 bits per heavy atom. The van der Waals surface area contributed by atoms with Crippen LogP contribution in [-0.2, 0) is 9.59 Å². The minimum atomic E-state index is -0.841. The van der Waals surface area contributed by atoms with Gasteiger partial charge < -0.3 is 10.4 Å². The number of carboxylic acids is 1. The Hall–Kier alpha value is -1.06. The van der Waals surface area contributed by atoms with Crippen LogP contribution in [0, 0.1) is 11.8 Å². The SMILES string of the molecule is CC(C)NC(=O)CC(C(=O)O)C1CC1. The van der Waals surface area contributed by atoms with Crippen LogP contribution in [0.15, 0.2) is 0 Å². The van der Waals surface area contributed by atoms with Crippen LogP contribution in [0.3, 0.4) is 0 Å². The summed E-state index contributed by atoms with van der Waals surface area (Å²) in [5.41, 5.74) is 0. The van der Waals surface area contributed by atoms with Crippen molar-refractivity contribution in [1.82, 2.24) is 5.32 Å². The van der Waals surface area contributed by atoms with E-state index in [1.807, 2.05) is 13.8 Å². The molecule has 0 saturated heterocycles. The number of hydrogen-bond acceptors (Lipinski definition) is 2. The van der Waals surface area contributed by atoms with Gasteiger partial charge in [-0.05, 0) is 32.6 Å². The van der Waals surface area contributed by atoms with Crippen molar-refractivity contribution in [3.8, 4) is 0 Å². The number of rotatable bonds is 5. The summed E-state index contributed by atoms with van der Waals surface area (Å²) in [5.74, 6) is -1.25. The molecule has 2 N–H and O–H groups in total. The van der Waals surface area contributed by atoms with Crippen molar-refractivity contribution >= 4 is 11.9 Å². The molecule has 0 aromatic heterocycles. The molecule has 0 aliphatic heterocycles. The van der Waals surface area contributed by atoms with Gasteiger partial charge in [0.1, 0.15) is 0 Å². The van der Waals surface area contributed by atoms with E-state index in [1.54, 1.807) is 0 Å². The summed E-state index contributed by atoms with van der Waals surface area (Å²) in [4.78, 5) is 22.1. The fraction of sp³-hybridized carbons (Fsp3) is 0.800. The molecule has 4 nitrogen and oxygen atoms in total. The van der Waals surface area contributed by atoms with Gasteiger partial charge in [0.15, 0.2) is 0 Å². The van der Waals surface area contributed by atoms with Crippen LogP contribution in [0.2, 0.25) is 0 Å². The number of carbonyl (C=O) groups excluding carboxylic acids is 1. The molecular weight excluding hydrogens is 182 g/mol. The molecule has 1 unspecified atom stereocenters. The molecule has 1 amide bonds. The van der Waals surface area contributed by atoms with Crippen LogP contribution < -0.4 is 5.32 Å². The van der Waals surface area contributed by atoms with Gasteiger partial charge in [-0.25, -0.2) is 0 Å². The number of nitrogens with one attached hydrogen (secondary N) is 1. The molecule has 1 rings (SSSR count). The second-order valence-corrected chi connectivity index (χ2v) is 4.21. The van der Waals surface area contributed by atoms with Crippen LogP contribution in [0.5, 0.6) is 0 Å². The average molecular weight is 199 g/mol. The number of carboxylic acid groups (broad SMARTS) is 1. The van der Waals surface area contributed by atoms with Crippen molar-refractivity contribution in [3.63, 3.8) is 0 Å². The first-order valence-corrected chi connectivity index (χ1v) is 5.03. The Balaban J connectivity index is 2.39. The fourth-order valence-electron chi connectivity index (χ4n) is 1.53.